The van der Waals surface area contributed by atoms with E-state index in [1.165, 1.54) is 4.90 Å². The van der Waals surface area contributed by atoms with Crippen molar-refractivity contribution in [1.82, 2.24) is 14.8 Å². The summed E-state index contributed by atoms with van der Waals surface area (Å²) >= 11 is 0. The maximum atomic E-state index is 12.7. The summed E-state index contributed by atoms with van der Waals surface area (Å²) < 4.78 is 6.48. The van der Waals surface area contributed by atoms with Gasteiger partial charge in [-0.15, -0.1) is 0 Å². The van der Waals surface area contributed by atoms with Gasteiger partial charge in [0.2, 0.25) is 5.91 Å². The molecule has 0 radical (unpaired) electrons. The number of hydrogen-bond donors (Lipinski definition) is 3. The standard InChI is InChI=1S/C21H21N5O6/c1-21(2,3)32-20(31)25-8-10-6-11(4-5-13(10)23-14(27)9-25)26-15(28)7-12-16(17(26)22)19(30)24-18(12)29/h4-7H,8-9,22H2,1-3H3,(H,23,27)(H,24,29,30). The summed E-state index contributed by atoms with van der Waals surface area (Å²) in [4.78, 5) is 62.7. The number of nitrogens with one attached hydrogen (secondary N) is 2. The summed E-state index contributed by atoms with van der Waals surface area (Å²) in [6.07, 6.45) is -0.657. The molecular formula is C21H21N5O6. The third-order valence-corrected chi connectivity index (χ3v) is 4.92. The molecule has 4 rings (SSSR count). The first-order valence-electron chi connectivity index (χ1n) is 9.77. The topological polar surface area (TPSA) is 153 Å². The number of anilines is 2. The monoisotopic (exact) mass is 439 g/mol. The predicted molar refractivity (Wildman–Crippen MR) is 114 cm³/mol. The SMILES string of the molecule is CC(C)(C)OC(=O)N1CC(=O)Nc2ccc(-n3c(N)c4c(cc3=O)C(=O)NC4=O)cc2C1. The van der Waals surface area contributed by atoms with Crippen LogP contribution in [-0.2, 0) is 16.1 Å². The first-order chi connectivity index (χ1) is 14.9. The minimum absolute atomic E-state index is 0.0371. The number of nitrogens with zero attached hydrogens (tertiary/aromatic N) is 2. The van der Waals surface area contributed by atoms with Gasteiger partial charge in [0.05, 0.1) is 23.4 Å². The molecule has 1 aromatic heterocycles. The number of ether oxygens (including phenoxy) is 1. The number of hydrogen-bond acceptors (Lipinski definition) is 7. The number of rotatable bonds is 1. The molecule has 0 fully saturated rings. The largest absolute Gasteiger partial charge is 0.444 e. The molecule has 0 aliphatic carbocycles. The molecular weight excluding hydrogens is 418 g/mol. The summed E-state index contributed by atoms with van der Waals surface area (Å²) in [5, 5.41) is 4.83. The van der Waals surface area contributed by atoms with Crippen LogP contribution in [0.2, 0.25) is 0 Å². The van der Waals surface area contributed by atoms with Gasteiger partial charge in [-0.1, -0.05) is 0 Å². The normalized spacial score (nSPS) is 15.5. The van der Waals surface area contributed by atoms with Crippen molar-refractivity contribution in [2.45, 2.75) is 32.9 Å². The summed E-state index contributed by atoms with van der Waals surface area (Å²) in [6.45, 7) is 4.99. The van der Waals surface area contributed by atoms with Crippen LogP contribution in [0.1, 0.15) is 47.1 Å². The number of carbonyl (C=O) groups is 4. The number of benzene rings is 1. The van der Waals surface area contributed by atoms with Crippen molar-refractivity contribution in [3.63, 3.8) is 0 Å². The van der Waals surface area contributed by atoms with E-state index >= 15 is 0 Å². The van der Waals surface area contributed by atoms with Crippen LogP contribution in [0.5, 0.6) is 0 Å². The highest BCUT2D eigenvalue weighted by Crippen LogP contribution is 2.27. The van der Waals surface area contributed by atoms with Crippen molar-refractivity contribution >= 4 is 35.3 Å². The zero-order chi connectivity index (χ0) is 23.4. The quantitative estimate of drug-likeness (QED) is 0.560. The Kier molecular flexibility index (Phi) is 4.76. The number of fused-ring (bicyclic) bond motifs is 2. The Bertz CT molecular complexity index is 1260. The van der Waals surface area contributed by atoms with Crippen LogP contribution in [0.3, 0.4) is 0 Å². The number of amides is 4. The van der Waals surface area contributed by atoms with Gasteiger partial charge in [0.15, 0.2) is 0 Å². The van der Waals surface area contributed by atoms with Crippen molar-refractivity contribution in [3.8, 4) is 5.69 Å². The van der Waals surface area contributed by atoms with Gasteiger partial charge in [0.1, 0.15) is 18.0 Å². The Morgan fingerprint density at radius 2 is 1.75 bits per heavy atom. The number of pyridine rings is 1. The van der Waals surface area contributed by atoms with Crippen LogP contribution >= 0.6 is 0 Å². The van der Waals surface area contributed by atoms with Crippen molar-refractivity contribution in [2.75, 3.05) is 17.6 Å². The number of nitrogens with two attached hydrogens (primary N) is 1. The van der Waals surface area contributed by atoms with E-state index in [1.54, 1.807) is 39.0 Å². The number of aromatic nitrogens is 1. The lowest BCUT2D eigenvalue weighted by Gasteiger charge is -2.26. The Balaban J connectivity index is 1.77. The van der Waals surface area contributed by atoms with Crippen molar-refractivity contribution < 1.29 is 23.9 Å². The number of imide groups is 1. The average molecular weight is 439 g/mol. The van der Waals surface area contributed by atoms with E-state index in [2.05, 4.69) is 10.6 Å². The molecule has 2 aromatic rings. The van der Waals surface area contributed by atoms with Gasteiger partial charge in [0.25, 0.3) is 17.4 Å². The van der Waals surface area contributed by atoms with E-state index in [1.807, 2.05) is 0 Å². The van der Waals surface area contributed by atoms with E-state index in [4.69, 9.17) is 10.5 Å². The third kappa shape index (κ3) is 3.68. The zero-order valence-corrected chi connectivity index (χ0v) is 17.6. The molecule has 166 valence electrons. The Labute approximate surface area is 182 Å². The fourth-order valence-electron chi connectivity index (χ4n) is 3.60. The number of carbonyl (C=O) groups excluding carboxylic acids is 4. The highest BCUT2D eigenvalue weighted by molar-refractivity contribution is 6.23. The summed E-state index contributed by atoms with van der Waals surface area (Å²) in [7, 11) is 0. The smallest absolute Gasteiger partial charge is 0.411 e. The van der Waals surface area contributed by atoms with Gasteiger partial charge in [0, 0.05) is 11.8 Å². The lowest BCUT2D eigenvalue weighted by molar-refractivity contribution is -0.117. The summed E-state index contributed by atoms with van der Waals surface area (Å²) in [6, 6.07) is 5.75. The van der Waals surface area contributed by atoms with Crippen LogP contribution in [0, 0.1) is 0 Å². The zero-order valence-electron chi connectivity index (χ0n) is 17.6. The molecule has 0 saturated heterocycles. The maximum absolute atomic E-state index is 12.7. The second kappa shape index (κ2) is 7.22. The lowest BCUT2D eigenvalue weighted by atomic mass is 10.1. The molecule has 1 aromatic carbocycles. The van der Waals surface area contributed by atoms with Crippen molar-refractivity contribution in [2.24, 2.45) is 0 Å². The molecule has 2 aliphatic heterocycles. The van der Waals surface area contributed by atoms with Crippen LogP contribution in [-0.4, -0.2) is 45.4 Å². The first-order valence-corrected chi connectivity index (χ1v) is 9.77. The molecule has 11 heteroatoms. The molecule has 0 bridgehead atoms. The van der Waals surface area contributed by atoms with Gasteiger partial charge in [-0.25, -0.2) is 4.79 Å². The van der Waals surface area contributed by atoms with Crippen LogP contribution in [0.25, 0.3) is 5.69 Å². The highest BCUT2D eigenvalue weighted by atomic mass is 16.6. The molecule has 32 heavy (non-hydrogen) atoms. The molecule has 0 unspecified atom stereocenters. The predicted octanol–water partition coefficient (Wildman–Crippen LogP) is 0.993. The van der Waals surface area contributed by atoms with Gasteiger partial charge in [-0.3, -0.25) is 34.0 Å². The second-order valence-electron chi connectivity index (χ2n) is 8.50. The van der Waals surface area contributed by atoms with Gasteiger partial charge in [-0.2, -0.15) is 0 Å². The number of nitrogen functional groups attached to an aromatic ring is 1. The van der Waals surface area contributed by atoms with E-state index in [0.717, 1.165) is 10.6 Å². The molecule has 0 atom stereocenters. The third-order valence-electron chi connectivity index (χ3n) is 4.92. The Hall–Kier alpha value is -4.15. The fourth-order valence-corrected chi connectivity index (χ4v) is 3.60. The van der Waals surface area contributed by atoms with E-state index < -0.39 is 35.0 Å². The fraction of sp³-hybridized carbons (Fsp3) is 0.286. The highest BCUT2D eigenvalue weighted by Gasteiger charge is 2.32. The Morgan fingerprint density at radius 1 is 1.03 bits per heavy atom. The molecule has 3 heterocycles. The first kappa shape index (κ1) is 21.1. The van der Waals surface area contributed by atoms with Crippen LogP contribution in [0.15, 0.2) is 29.1 Å². The minimum atomic E-state index is -0.741. The van der Waals surface area contributed by atoms with Gasteiger partial charge in [-0.05, 0) is 44.5 Å². The van der Waals surface area contributed by atoms with Crippen LogP contribution in [0.4, 0.5) is 16.3 Å². The van der Waals surface area contributed by atoms with Gasteiger partial charge < -0.3 is 15.8 Å². The molecule has 11 nitrogen and oxygen atoms in total. The maximum Gasteiger partial charge on any atom is 0.411 e. The lowest BCUT2D eigenvalue weighted by Crippen LogP contribution is -2.39. The van der Waals surface area contributed by atoms with E-state index in [9.17, 15) is 24.0 Å². The summed E-state index contributed by atoms with van der Waals surface area (Å²) in [5.74, 6) is -1.95. The van der Waals surface area contributed by atoms with E-state index in [0.29, 0.717) is 16.9 Å². The van der Waals surface area contributed by atoms with Gasteiger partial charge >= 0.3 is 6.09 Å². The molecule has 0 spiro atoms. The Morgan fingerprint density at radius 3 is 2.44 bits per heavy atom. The minimum Gasteiger partial charge on any atom is -0.444 e. The summed E-state index contributed by atoms with van der Waals surface area (Å²) in [5.41, 5.74) is 5.90. The average Bonchev–Trinajstić information content (AvgIpc) is 2.84. The molecule has 2 aliphatic rings. The molecule has 0 saturated carbocycles. The van der Waals surface area contributed by atoms with E-state index in [-0.39, 0.29) is 30.0 Å². The van der Waals surface area contributed by atoms with Crippen molar-refractivity contribution in [3.05, 3.63) is 51.3 Å². The second-order valence-corrected chi connectivity index (χ2v) is 8.50. The molecule has 4 N–H and O–H groups in total. The van der Waals surface area contributed by atoms with Crippen LogP contribution < -0.4 is 21.9 Å². The molecule has 4 amide bonds. The van der Waals surface area contributed by atoms with Crippen molar-refractivity contribution in [1.29, 1.82) is 0 Å².